The number of amides is 2. The molecule has 3 rings (SSSR count). The van der Waals surface area contributed by atoms with Crippen LogP contribution in [0.1, 0.15) is 39.0 Å². The van der Waals surface area contributed by atoms with E-state index in [0.29, 0.717) is 12.8 Å². The fourth-order valence-electron chi connectivity index (χ4n) is 3.26. The lowest BCUT2D eigenvalue weighted by Crippen LogP contribution is -2.36. The third-order valence-electron chi connectivity index (χ3n) is 4.63. The number of hydrogen-bond acceptors (Lipinski definition) is 3. The van der Waals surface area contributed by atoms with Crippen molar-refractivity contribution in [3.05, 3.63) is 30.3 Å². The Morgan fingerprint density at radius 1 is 1.17 bits per heavy atom. The molecule has 0 radical (unpaired) electrons. The highest BCUT2D eigenvalue weighted by molar-refractivity contribution is 6.14. The van der Waals surface area contributed by atoms with Gasteiger partial charge in [-0.2, -0.15) is 5.10 Å². The molecular weight excluding hydrogens is 290 g/mol. The lowest BCUT2D eigenvalue weighted by atomic mass is 9.97. The highest BCUT2D eigenvalue weighted by Crippen LogP contribution is 2.26. The van der Waals surface area contributed by atoms with Gasteiger partial charge in [0.05, 0.1) is 11.6 Å². The molecule has 5 heteroatoms. The Hall–Kier alpha value is -2.17. The van der Waals surface area contributed by atoms with Gasteiger partial charge in [-0.1, -0.05) is 18.2 Å². The summed E-state index contributed by atoms with van der Waals surface area (Å²) in [5, 5.41) is 5.85. The summed E-state index contributed by atoms with van der Waals surface area (Å²) < 4.78 is 0. The Bertz CT molecular complexity index is 606. The lowest BCUT2D eigenvalue weighted by Gasteiger charge is -2.27. The molecule has 1 aromatic rings. The molecule has 2 heterocycles. The van der Waals surface area contributed by atoms with Gasteiger partial charge in [0.15, 0.2) is 0 Å². The minimum absolute atomic E-state index is 0.0276. The number of rotatable bonds is 4. The second-order valence-electron chi connectivity index (χ2n) is 6.26. The third kappa shape index (κ3) is 3.44. The van der Waals surface area contributed by atoms with Crippen molar-refractivity contribution in [2.45, 2.75) is 39.0 Å². The third-order valence-corrected chi connectivity index (χ3v) is 4.63. The van der Waals surface area contributed by atoms with E-state index in [1.54, 1.807) is 0 Å². The first kappa shape index (κ1) is 15.7. The van der Waals surface area contributed by atoms with Crippen LogP contribution >= 0.6 is 0 Å². The summed E-state index contributed by atoms with van der Waals surface area (Å²) in [5.74, 6) is -0.132. The second kappa shape index (κ2) is 6.94. The molecule has 2 aliphatic rings. The van der Waals surface area contributed by atoms with Gasteiger partial charge in [0.2, 0.25) is 5.91 Å². The molecule has 1 unspecified atom stereocenters. The lowest BCUT2D eigenvalue weighted by molar-refractivity contribution is -0.132. The second-order valence-corrected chi connectivity index (χ2v) is 6.26. The van der Waals surface area contributed by atoms with Crippen molar-refractivity contribution in [3.63, 3.8) is 0 Å². The number of likely N-dealkylation sites (tertiary alicyclic amines) is 1. The number of benzene rings is 1. The Morgan fingerprint density at radius 2 is 1.87 bits per heavy atom. The molecule has 1 fully saturated rings. The number of piperidine rings is 1. The van der Waals surface area contributed by atoms with E-state index in [1.165, 1.54) is 11.4 Å². The number of carbonyl (C=O) groups excluding carboxylic acids is 2. The summed E-state index contributed by atoms with van der Waals surface area (Å²) >= 11 is 0. The molecule has 5 nitrogen and oxygen atoms in total. The highest BCUT2D eigenvalue weighted by atomic mass is 16.2. The van der Waals surface area contributed by atoms with Crippen LogP contribution in [0.2, 0.25) is 0 Å². The van der Waals surface area contributed by atoms with E-state index in [0.717, 1.165) is 37.3 Å². The van der Waals surface area contributed by atoms with Crippen LogP contribution in [-0.4, -0.2) is 35.5 Å². The van der Waals surface area contributed by atoms with Crippen LogP contribution in [0, 0.1) is 5.92 Å². The van der Waals surface area contributed by atoms with Crippen molar-refractivity contribution in [1.82, 2.24) is 4.90 Å². The van der Waals surface area contributed by atoms with Crippen molar-refractivity contribution in [2.24, 2.45) is 11.0 Å². The van der Waals surface area contributed by atoms with E-state index in [1.807, 2.05) is 42.2 Å². The zero-order chi connectivity index (χ0) is 16.2. The van der Waals surface area contributed by atoms with Crippen molar-refractivity contribution >= 4 is 23.2 Å². The van der Waals surface area contributed by atoms with Crippen LogP contribution in [0.4, 0.5) is 5.69 Å². The Balaban J connectivity index is 1.59. The molecule has 0 aromatic heterocycles. The average molecular weight is 313 g/mol. The summed E-state index contributed by atoms with van der Waals surface area (Å²) in [6.07, 6.45) is 4.37. The molecule has 2 aliphatic heterocycles. The first-order valence-electron chi connectivity index (χ1n) is 8.38. The van der Waals surface area contributed by atoms with E-state index < -0.39 is 0 Å². The highest BCUT2D eigenvalue weighted by Gasteiger charge is 2.34. The standard InChI is InChI=1S/C18H23N3O2/c1-14-16(10-11-17(22)20-12-6-3-7-13-20)18(23)21(19-14)15-8-4-2-5-9-15/h2,4-5,8-9,16H,3,6-7,10-13H2,1H3. The number of hydrazone groups is 1. The Kier molecular flexibility index (Phi) is 4.74. The maximum atomic E-state index is 12.6. The van der Waals surface area contributed by atoms with Gasteiger partial charge in [-0.25, -0.2) is 5.01 Å². The van der Waals surface area contributed by atoms with Gasteiger partial charge >= 0.3 is 0 Å². The molecule has 0 N–H and O–H groups in total. The number of anilines is 1. The van der Waals surface area contributed by atoms with Crippen LogP contribution < -0.4 is 5.01 Å². The van der Waals surface area contributed by atoms with Crippen LogP contribution in [0.25, 0.3) is 0 Å². The number of carbonyl (C=O) groups is 2. The molecule has 0 spiro atoms. The van der Waals surface area contributed by atoms with Crippen LogP contribution in [0.5, 0.6) is 0 Å². The zero-order valence-corrected chi connectivity index (χ0v) is 13.6. The molecule has 1 saturated heterocycles. The topological polar surface area (TPSA) is 53.0 Å². The molecule has 0 aliphatic carbocycles. The maximum absolute atomic E-state index is 12.6. The van der Waals surface area contributed by atoms with Gasteiger partial charge in [0.25, 0.3) is 5.91 Å². The summed E-state index contributed by atoms with van der Waals surface area (Å²) in [6, 6.07) is 9.43. The van der Waals surface area contributed by atoms with Gasteiger partial charge in [-0.05, 0) is 44.7 Å². The van der Waals surface area contributed by atoms with Gasteiger partial charge in [-0.15, -0.1) is 0 Å². The SMILES string of the molecule is CC1=NN(c2ccccc2)C(=O)C1CCC(=O)N1CCCCC1. The first-order chi connectivity index (χ1) is 11.2. The molecule has 1 atom stereocenters. The molecular formula is C18H23N3O2. The summed E-state index contributed by atoms with van der Waals surface area (Å²) in [4.78, 5) is 26.8. The van der Waals surface area contributed by atoms with E-state index >= 15 is 0 Å². The number of nitrogens with zero attached hydrogens (tertiary/aromatic N) is 3. The quantitative estimate of drug-likeness (QED) is 0.858. The first-order valence-corrected chi connectivity index (χ1v) is 8.38. The smallest absolute Gasteiger partial charge is 0.256 e. The van der Waals surface area contributed by atoms with Gasteiger partial charge < -0.3 is 4.90 Å². The molecule has 2 amide bonds. The predicted octanol–water partition coefficient (Wildman–Crippen LogP) is 2.82. The minimum atomic E-state index is -0.274. The fourth-order valence-corrected chi connectivity index (χ4v) is 3.26. The molecule has 1 aromatic carbocycles. The van der Waals surface area contributed by atoms with Crippen LogP contribution in [0.3, 0.4) is 0 Å². The van der Waals surface area contributed by atoms with Gasteiger partial charge in [-0.3, -0.25) is 9.59 Å². The summed E-state index contributed by atoms with van der Waals surface area (Å²) in [7, 11) is 0. The minimum Gasteiger partial charge on any atom is -0.343 e. The zero-order valence-electron chi connectivity index (χ0n) is 13.6. The van der Waals surface area contributed by atoms with E-state index in [-0.39, 0.29) is 17.7 Å². The van der Waals surface area contributed by atoms with E-state index in [2.05, 4.69) is 5.10 Å². The largest absolute Gasteiger partial charge is 0.343 e. The molecule has 0 bridgehead atoms. The van der Waals surface area contributed by atoms with Crippen LogP contribution in [0.15, 0.2) is 35.4 Å². The van der Waals surface area contributed by atoms with Crippen LogP contribution in [-0.2, 0) is 9.59 Å². The summed E-state index contributed by atoms with van der Waals surface area (Å²) in [6.45, 7) is 3.60. The molecule has 23 heavy (non-hydrogen) atoms. The van der Waals surface area contributed by atoms with Crippen molar-refractivity contribution in [2.75, 3.05) is 18.1 Å². The molecule has 0 saturated carbocycles. The van der Waals surface area contributed by atoms with Gasteiger partial charge in [0.1, 0.15) is 0 Å². The maximum Gasteiger partial charge on any atom is 0.256 e. The normalized spacial score (nSPS) is 21.5. The van der Waals surface area contributed by atoms with Gasteiger partial charge in [0, 0.05) is 25.2 Å². The monoisotopic (exact) mass is 313 g/mol. The van der Waals surface area contributed by atoms with Crippen molar-refractivity contribution in [3.8, 4) is 0 Å². The summed E-state index contributed by atoms with van der Waals surface area (Å²) in [5.41, 5.74) is 1.58. The predicted molar refractivity (Wildman–Crippen MR) is 90.2 cm³/mol. The number of para-hydroxylation sites is 1. The fraction of sp³-hybridized carbons (Fsp3) is 0.500. The van der Waals surface area contributed by atoms with E-state index in [4.69, 9.17) is 0 Å². The van der Waals surface area contributed by atoms with Crippen molar-refractivity contribution < 1.29 is 9.59 Å². The Labute approximate surface area is 137 Å². The van der Waals surface area contributed by atoms with E-state index in [9.17, 15) is 9.59 Å². The molecule has 122 valence electrons. The average Bonchev–Trinajstić information content (AvgIpc) is 2.88. The van der Waals surface area contributed by atoms with Crippen molar-refractivity contribution in [1.29, 1.82) is 0 Å². The number of hydrogen-bond donors (Lipinski definition) is 0. The Morgan fingerprint density at radius 3 is 2.57 bits per heavy atom.